The number of hydrogen-bond acceptors (Lipinski definition) is 3. The summed E-state index contributed by atoms with van der Waals surface area (Å²) in [6.45, 7) is 1.27. The summed E-state index contributed by atoms with van der Waals surface area (Å²) in [6.07, 6.45) is -2.15. The summed E-state index contributed by atoms with van der Waals surface area (Å²) in [5, 5.41) is 8.84. The van der Waals surface area contributed by atoms with E-state index in [0.717, 1.165) is 0 Å². The standard InChI is InChI=1S/C12H14F3N3/c1-2-6-18(9-12(13,14)15)8-10-4-3-5-17-11(10)7-16/h3-5H,2,6,8-9H2,1H3. The SMILES string of the molecule is CCCN(Cc1cccnc1C#N)CC(F)(F)F. The van der Waals surface area contributed by atoms with Gasteiger partial charge in [0.2, 0.25) is 0 Å². The Kier molecular flexibility index (Phi) is 5.10. The number of halogens is 3. The van der Waals surface area contributed by atoms with E-state index in [1.54, 1.807) is 12.1 Å². The van der Waals surface area contributed by atoms with E-state index in [1.807, 2.05) is 13.0 Å². The number of nitrogens with zero attached hydrogens (tertiary/aromatic N) is 3. The van der Waals surface area contributed by atoms with Crippen LogP contribution in [0.5, 0.6) is 0 Å². The molecule has 0 aromatic carbocycles. The highest BCUT2D eigenvalue weighted by atomic mass is 19.4. The molecule has 0 aliphatic carbocycles. The molecule has 0 radical (unpaired) electrons. The molecule has 1 aromatic rings. The lowest BCUT2D eigenvalue weighted by Crippen LogP contribution is -2.34. The monoisotopic (exact) mass is 257 g/mol. The van der Waals surface area contributed by atoms with Gasteiger partial charge in [0.15, 0.2) is 0 Å². The Morgan fingerprint density at radius 3 is 2.72 bits per heavy atom. The molecule has 1 rings (SSSR count). The molecule has 0 saturated carbocycles. The van der Waals surface area contributed by atoms with Crippen LogP contribution in [0.1, 0.15) is 24.6 Å². The van der Waals surface area contributed by atoms with E-state index < -0.39 is 12.7 Å². The van der Waals surface area contributed by atoms with Crippen LogP contribution < -0.4 is 0 Å². The molecular formula is C12H14F3N3. The van der Waals surface area contributed by atoms with Crippen LogP contribution in [0.3, 0.4) is 0 Å². The van der Waals surface area contributed by atoms with Gasteiger partial charge in [-0.2, -0.15) is 18.4 Å². The summed E-state index contributed by atoms with van der Waals surface area (Å²) in [4.78, 5) is 5.11. The van der Waals surface area contributed by atoms with Gasteiger partial charge in [-0.3, -0.25) is 4.90 Å². The molecule has 1 heterocycles. The molecule has 0 atom stereocenters. The highest BCUT2D eigenvalue weighted by Gasteiger charge is 2.30. The lowest BCUT2D eigenvalue weighted by atomic mass is 10.2. The Hall–Kier alpha value is -1.61. The molecule has 98 valence electrons. The van der Waals surface area contributed by atoms with Crippen molar-refractivity contribution in [1.82, 2.24) is 9.88 Å². The molecule has 0 saturated heterocycles. The van der Waals surface area contributed by atoms with Crippen molar-refractivity contribution in [2.45, 2.75) is 26.1 Å². The van der Waals surface area contributed by atoms with Gasteiger partial charge in [-0.15, -0.1) is 0 Å². The molecule has 0 aliphatic rings. The minimum atomic E-state index is -4.23. The van der Waals surface area contributed by atoms with E-state index in [4.69, 9.17) is 5.26 Å². The number of aromatic nitrogens is 1. The Morgan fingerprint density at radius 1 is 1.44 bits per heavy atom. The van der Waals surface area contributed by atoms with E-state index >= 15 is 0 Å². The Balaban J connectivity index is 2.80. The van der Waals surface area contributed by atoms with E-state index in [9.17, 15) is 13.2 Å². The Labute approximate surface area is 104 Å². The van der Waals surface area contributed by atoms with Gasteiger partial charge in [0.05, 0.1) is 6.54 Å². The van der Waals surface area contributed by atoms with Gasteiger partial charge in [0.25, 0.3) is 0 Å². The van der Waals surface area contributed by atoms with Crippen LogP contribution in [0.15, 0.2) is 18.3 Å². The highest BCUT2D eigenvalue weighted by Crippen LogP contribution is 2.18. The molecule has 0 aliphatic heterocycles. The first-order chi connectivity index (χ1) is 8.46. The zero-order chi connectivity index (χ0) is 13.6. The van der Waals surface area contributed by atoms with Crippen molar-refractivity contribution in [3.63, 3.8) is 0 Å². The summed E-state index contributed by atoms with van der Waals surface area (Å²) in [5.74, 6) is 0. The minimum Gasteiger partial charge on any atom is -0.291 e. The molecule has 3 nitrogen and oxygen atoms in total. The summed E-state index contributed by atoms with van der Waals surface area (Å²) in [5.41, 5.74) is 0.707. The topological polar surface area (TPSA) is 39.9 Å². The van der Waals surface area contributed by atoms with E-state index in [1.165, 1.54) is 11.1 Å². The average molecular weight is 257 g/mol. The van der Waals surface area contributed by atoms with Gasteiger partial charge in [0.1, 0.15) is 11.8 Å². The van der Waals surface area contributed by atoms with E-state index in [2.05, 4.69) is 4.98 Å². The maximum atomic E-state index is 12.4. The van der Waals surface area contributed by atoms with Crippen molar-refractivity contribution in [3.05, 3.63) is 29.6 Å². The number of nitriles is 1. The second-order valence-corrected chi connectivity index (χ2v) is 3.95. The summed E-state index contributed by atoms with van der Waals surface area (Å²) < 4.78 is 37.2. The van der Waals surface area contributed by atoms with Gasteiger partial charge in [-0.05, 0) is 19.0 Å². The summed E-state index contributed by atoms with van der Waals surface area (Å²) in [6, 6.07) is 5.14. The van der Waals surface area contributed by atoms with Crippen LogP contribution in [-0.2, 0) is 6.54 Å². The van der Waals surface area contributed by atoms with Crippen LogP contribution in [0.4, 0.5) is 13.2 Å². The fourth-order valence-corrected chi connectivity index (χ4v) is 1.69. The lowest BCUT2D eigenvalue weighted by Gasteiger charge is -2.23. The largest absolute Gasteiger partial charge is 0.401 e. The van der Waals surface area contributed by atoms with Gasteiger partial charge in [0, 0.05) is 18.3 Å². The van der Waals surface area contributed by atoms with Crippen LogP contribution in [-0.4, -0.2) is 29.1 Å². The number of pyridine rings is 1. The first kappa shape index (κ1) is 14.5. The van der Waals surface area contributed by atoms with Crippen molar-refractivity contribution < 1.29 is 13.2 Å². The third-order valence-electron chi connectivity index (χ3n) is 2.33. The fourth-order valence-electron chi connectivity index (χ4n) is 1.69. The molecule has 18 heavy (non-hydrogen) atoms. The average Bonchev–Trinajstić information content (AvgIpc) is 2.28. The lowest BCUT2D eigenvalue weighted by molar-refractivity contribution is -0.147. The molecule has 0 fully saturated rings. The Bertz CT molecular complexity index is 423. The van der Waals surface area contributed by atoms with Gasteiger partial charge in [-0.1, -0.05) is 13.0 Å². The second-order valence-electron chi connectivity index (χ2n) is 3.95. The maximum Gasteiger partial charge on any atom is 0.401 e. The quantitative estimate of drug-likeness (QED) is 0.814. The minimum absolute atomic E-state index is 0.0874. The van der Waals surface area contributed by atoms with Gasteiger partial charge < -0.3 is 0 Å². The van der Waals surface area contributed by atoms with Crippen molar-refractivity contribution >= 4 is 0 Å². The molecule has 0 amide bonds. The number of hydrogen-bond donors (Lipinski definition) is 0. The summed E-state index contributed by atoms with van der Waals surface area (Å²) >= 11 is 0. The molecule has 0 spiro atoms. The molecule has 0 bridgehead atoms. The molecule has 1 aromatic heterocycles. The van der Waals surface area contributed by atoms with E-state index in [0.29, 0.717) is 18.5 Å². The Morgan fingerprint density at radius 2 is 2.17 bits per heavy atom. The van der Waals surface area contributed by atoms with Crippen molar-refractivity contribution in [2.75, 3.05) is 13.1 Å². The second kappa shape index (κ2) is 6.36. The van der Waals surface area contributed by atoms with Crippen molar-refractivity contribution in [3.8, 4) is 6.07 Å². The zero-order valence-electron chi connectivity index (χ0n) is 10.0. The predicted molar refractivity (Wildman–Crippen MR) is 60.6 cm³/mol. The van der Waals surface area contributed by atoms with E-state index in [-0.39, 0.29) is 12.2 Å². The normalized spacial score (nSPS) is 11.6. The molecule has 6 heteroatoms. The van der Waals surface area contributed by atoms with Crippen LogP contribution in [0, 0.1) is 11.3 Å². The molecule has 0 unspecified atom stereocenters. The molecule has 0 N–H and O–H groups in total. The summed E-state index contributed by atoms with van der Waals surface area (Å²) in [7, 11) is 0. The van der Waals surface area contributed by atoms with Gasteiger partial charge in [-0.25, -0.2) is 4.98 Å². The van der Waals surface area contributed by atoms with Crippen LogP contribution in [0.2, 0.25) is 0 Å². The van der Waals surface area contributed by atoms with Crippen molar-refractivity contribution in [1.29, 1.82) is 5.26 Å². The zero-order valence-corrected chi connectivity index (χ0v) is 10.0. The maximum absolute atomic E-state index is 12.4. The van der Waals surface area contributed by atoms with Crippen molar-refractivity contribution in [2.24, 2.45) is 0 Å². The number of alkyl halides is 3. The predicted octanol–water partition coefficient (Wildman–Crippen LogP) is 2.73. The van der Waals surface area contributed by atoms with Crippen LogP contribution >= 0.6 is 0 Å². The highest BCUT2D eigenvalue weighted by molar-refractivity contribution is 5.30. The smallest absolute Gasteiger partial charge is 0.291 e. The molecular weight excluding hydrogens is 243 g/mol. The first-order valence-corrected chi connectivity index (χ1v) is 5.59. The third kappa shape index (κ3) is 4.72. The fraction of sp³-hybridized carbons (Fsp3) is 0.500. The van der Waals surface area contributed by atoms with Crippen LogP contribution in [0.25, 0.3) is 0 Å². The van der Waals surface area contributed by atoms with Gasteiger partial charge >= 0.3 is 6.18 Å². The third-order valence-corrected chi connectivity index (χ3v) is 2.33. The number of rotatable bonds is 5. The first-order valence-electron chi connectivity index (χ1n) is 5.59.